The molecule has 0 spiro atoms. The molecule has 100 valence electrons. The van der Waals surface area contributed by atoms with E-state index < -0.39 is 0 Å². The van der Waals surface area contributed by atoms with Crippen molar-refractivity contribution in [3.05, 3.63) is 18.5 Å². The highest BCUT2D eigenvalue weighted by molar-refractivity contribution is 5.95. The van der Waals surface area contributed by atoms with Crippen molar-refractivity contribution in [1.82, 2.24) is 4.98 Å². The van der Waals surface area contributed by atoms with E-state index in [4.69, 9.17) is 5.73 Å². The molecule has 18 heavy (non-hydrogen) atoms. The minimum Gasteiger partial charge on any atom is -0.376 e. The van der Waals surface area contributed by atoms with Gasteiger partial charge in [0.05, 0.1) is 23.5 Å². The molecule has 0 saturated carbocycles. The molecule has 1 aromatic heterocycles. The second-order valence-corrected chi connectivity index (χ2v) is 4.50. The third-order valence-corrected chi connectivity index (χ3v) is 2.83. The second-order valence-electron chi connectivity index (χ2n) is 4.50. The maximum Gasteiger partial charge on any atom is 0.228 e. The number of rotatable bonds is 6. The molecule has 0 aliphatic carbocycles. The van der Waals surface area contributed by atoms with E-state index in [0.717, 1.165) is 24.2 Å². The van der Waals surface area contributed by atoms with Gasteiger partial charge in [-0.25, -0.2) is 0 Å². The number of hydrogen-bond acceptors (Lipinski definition) is 4. The molecular weight excluding hydrogens is 228 g/mol. The zero-order chi connectivity index (χ0) is 13.5. The van der Waals surface area contributed by atoms with Gasteiger partial charge >= 0.3 is 0 Å². The fourth-order valence-electron chi connectivity index (χ4n) is 1.81. The van der Waals surface area contributed by atoms with Crippen LogP contribution in [0.3, 0.4) is 0 Å². The fraction of sp³-hybridized carbons (Fsp3) is 0.538. The Kier molecular flexibility index (Phi) is 5.58. The molecule has 0 aromatic carbocycles. The van der Waals surface area contributed by atoms with Gasteiger partial charge in [0.15, 0.2) is 0 Å². The van der Waals surface area contributed by atoms with Gasteiger partial charge in [-0.1, -0.05) is 13.3 Å². The van der Waals surface area contributed by atoms with Gasteiger partial charge in [0, 0.05) is 26.8 Å². The molecule has 1 unspecified atom stereocenters. The largest absolute Gasteiger partial charge is 0.376 e. The molecule has 0 aliphatic heterocycles. The minimum absolute atomic E-state index is 0.0320. The van der Waals surface area contributed by atoms with E-state index in [1.54, 1.807) is 12.4 Å². The Morgan fingerprint density at radius 1 is 1.56 bits per heavy atom. The molecule has 0 fully saturated rings. The highest BCUT2D eigenvalue weighted by Gasteiger charge is 2.17. The first kappa shape index (κ1) is 14.4. The van der Waals surface area contributed by atoms with Crippen molar-refractivity contribution in [2.24, 2.45) is 11.7 Å². The highest BCUT2D eigenvalue weighted by atomic mass is 16.1. The molecule has 0 aliphatic rings. The molecule has 0 bridgehead atoms. The Morgan fingerprint density at radius 3 is 2.83 bits per heavy atom. The van der Waals surface area contributed by atoms with Gasteiger partial charge in [-0.15, -0.1) is 0 Å². The normalized spacial score (nSPS) is 12.0. The van der Waals surface area contributed by atoms with Gasteiger partial charge in [0.2, 0.25) is 5.91 Å². The summed E-state index contributed by atoms with van der Waals surface area (Å²) < 4.78 is 0. The van der Waals surface area contributed by atoms with Crippen LogP contribution in [0.2, 0.25) is 0 Å². The predicted octanol–water partition coefficient (Wildman–Crippen LogP) is 1.46. The van der Waals surface area contributed by atoms with Crippen molar-refractivity contribution < 1.29 is 4.79 Å². The average molecular weight is 250 g/mol. The molecule has 1 amide bonds. The lowest BCUT2D eigenvalue weighted by molar-refractivity contribution is -0.119. The third-order valence-electron chi connectivity index (χ3n) is 2.83. The molecule has 1 atom stereocenters. The summed E-state index contributed by atoms with van der Waals surface area (Å²) >= 11 is 0. The first-order chi connectivity index (χ1) is 8.60. The van der Waals surface area contributed by atoms with Crippen molar-refractivity contribution in [3.63, 3.8) is 0 Å². The van der Waals surface area contributed by atoms with Crippen molar-refractivity contribution in [3.8, 4) is 0 Å². The standard InChI is InChI=1S/C13H22N4O/c1-4-5-10(8-14)13(18)16-11-9-15-7-6-12(11)17(2)3/h6-7,9-10H,4-5,8,14H2,1-3H3,(H,16,18). The monoisotopic (exact) mass is 250 g/mol. The number of amides is 1. The summed E-state index contributed by atoms with van der Waals surface area (Å²) in [5.41, 5.74) is 7.28. The summed E-state index contributed by atoms with van der Waals surface area (Å²) in [6.07, 6.45) is 5.12. The molecule has 5 heteroatoms. The van der Waals surface area contributed by atoms with E-state index in [9.17, 15) is 4.79 Å². The van der Waals surface area contributed by atoms with E-state index >= 15 is 0 Å². The topological polar surface area (TPSA) is 71.2 Å². The van der Waals surface area contributed by atoms with Crippen LogP contribution in [0, 0.1) is 5.92 Å². The number of pyridine rings is 1. The lowest BCUT2D eigenvalue weighted by Gasteiger charge is -2.19. The van der Waals surface area contributed by atoms with Crippen LogP contribution in [-0.2, 0) is 4.79 Å². The molecule has 0 saturated heterocycles. The van der Waals surface area contributed by atoms with Crippen molar-refractivity contribution in [2.75, 3.05) is 30.9 Å². The SMILES string of the molecule is CCCC(CN)C(=O)Nc1cnccc1N(C)C. The molecule has 3 N–H and O–H groups in total. The van der Waals surface area contributed by atoms with Gasteiger partial charge in [-0.2, -0.15) is 0 Å². The van der Waals surface area contributed by atoms with Gasteiger partial charge in [0.25, 0.3) is 0 Å². The van der Waals surface area contributed by atoms with Gasteiger partial charge in [-0.3, -0.25) is 9.78 Å². The summed E-state index contributed by atoms with van der Waals surface area (Å²) in [6.45, 7) is 2.42. The number of nitrogens with two attached hydrogens (primary N) is 1. The Morgan fingerprint density at radius 2 is 2.28 bits per heavy atom. The van der Waals surface area contributed by atoms with Crippen LogP contribution in [0.4, 0.5) is 11.4 Å². The van der Waals surface area contributed by atoms with E-state index in [1.165, 1.54) is 0 Å². The van der Waals surface area contributed by atoms with E-state index in [1.807, 2.05) is 32.0 Å². The second kappa shape index (κ2) is 6.96. The van der Waals surface area contributed by atoms with Crippen molar-refractivity contribution >= 4 is 17.3 Å². The van der Waals surface area contributed by atoms with Crippen LogP contribution >= 0.6 is 0 Å². The Hall–Kier alpha value is -1.62. The third kappa shape index (κ3) is 3.70. The van der Waals surface area contributed by atoms with Crippen LogP contribution in [0.5, 0.6) is 0 Å². The summed E-state index contributed by atoms with van der Waals surface area (Å²) in [7, 11) is 3.86. The van der Waals surface area contributed by atoms with Crippen LogP contribution in [0.25, 0.3) is 0 Å². The minimum atomic E-state index is -0.134. The lowest BCUT2D eigenvalue weighted by Crippen LogP contribution is -2.29. The van der Waals surface area contributed by atoms with E-state index in [-0.39, 0.29) is 11.8 Å². The number of carbonyl (C=O) groups excluding carboxylic acids is 1. The van der Waals surface area contributed by atoms with Crippen LogP contribution < -0.4 is 16.0 Å². The molecular formula is C13H22N4O. The summed E-state index contributed by atoms with van der Waals surface area (Å²) in [4.78, 5) is 18.0. The Labute approximate surface area is 108 Å². The maximum absolute atomic E-state index is 12.1. The molecule has 0 radical (unpaired) electrons. The van der Waals surface area contributed by atoms with Crippen LogP contribution in [-0.4, -0.2) is 31.5 Å². The van der Waals surface area contributed by atoms with Crippen LogP contribution in [0.15, 0.2) is 18.5 Å². The Bertz CT molecular complexity index is 392. The van der Waals surface area contributed by atoms with Gasteiger partial charge in [0.1, 0.15) is 0 Å². The quantitative estimate of drug-likeness (QED) is 0.802. The van der Waals surface area contributed by atoms with Crippen LogP contribution in [0.1, 0.15) is 19.8 Å². The summed E-state index contributed by atoms with van der Waals surface area (Å²) in [5, 5.41) is 2.90. The van der Waals surface area contributed by atoms with E-state index in [2.05, 4.69) is 10.3 Å². The zero-order valence-corrected chi connectivity index (χ0v) is 11.3. The number of nitrogens with zero attached hydrogens (tertiary/aromatic N) is 2. The molecule has 1 rings (SSSR count). The van der Waals surface area contributed by atoms with Gasteiger partial charge < -0.3 is 16.0 Å². The highest BCUT2D eigenvalue weighted by Crippen LogP contribution is 2.23. The number of nitrogens with one attached hydrogen (secondary N) is 1. The lowest BCUT2D eigenvalue weighted by atomic mass is 10.0. The maximum atomic E-state index is 12.1. The average Bonchev–Trinajstić information content (AvgIpc) is 2.36. The summed E-state index contributed by atoms with van der Waals surface area (Å²) in [5.74, 6) is -0.166. The number of hydrogen-bond donors (Lipinski definition) is 2. The van der Waals surface area contributed by atoms with Crippen molar-refractivity contribution in [2.45, 2.75) is 19.8 Å². The zero-order valence-electron chi connectivity index (χ0n) is 11.3. The fourth-order valence-corrected chi connectivity index (χ4v) is 1.81. The first-order valence-corrected chi connectivity index (χ1v) is 6.22. The molecule has 5 nitrogen and oxygen atoms in total. The molecule has 1 heterocycles. The smallest absolute Gasteiger partial charge is 0.228 e. The Balaban J connectivity index is 2.80. The van der Waals surface area contributed by atoms with Gasteiger partial charge in [-0.05, 0) is 12.5 Å². The predicted molar refractivity (Wildman–Crippen MR) is 74.6 cm³/mol. The van der Waals surface area contributed by atoms with E-state index in [0.29, 0.717) is 6.54 Å². The number of carbonyl (C=O) groups is 1. The number of anilines is 2. The molecule has 1 aromatic rings. The number of aromatic nitrogens is 1. The van der Waals surface area contributed by atoms with Crippen molar-refractivity contribution in [1.29, 1.82) is 0 Å². The first-order valence-electron chi connectivity index (χ1n) is 6.22. The summed E-state index contributed by atoms with van der Waals surface area (Å²) in [6, 6.07) is 1.87.